The molecule has 0 atom stereocenters. The van der Waals surface area contributed by atoms with Crippen molar-refractivity contribution in [1.82, 2.24) is 20.1 Å². The van der Waals surface area contributed by atoms with Crippen molar-refractivity contribution in [2.24, 2.45) is 0 Å². The summed E-state index contributed by atoms with van der Waals surface area (Å²) in [6.45, 7) is 4.03. The Morgan fingerprint density at radius 1 is 1.21 bits per heavy atom. The van der Waals surface area contributed by atoms with Gasteiger partial charge in [-0.2, -0.15) is 0 Å². The SMILES string of the molecule is C=CCNC(=O)CSc1nnc(-c2ccc(Cl)cc2)n1-c1ccc(OC)cc1. The van der Waals surface area contributed by atoms with E-state index in [-0.39, 0.29) is 11.7 Å². The van der Waals surface area contributed by atoms with E-state index in [1.54, 1.807) is 25.3 Å². The number of methoxy groups -OCH3 is 1. The van der Waals surface area contributed by atoms with Crippen LogP contribution in [0.5, 0.6) is 5.75 Å². The van der Waals surface area contributed by atoms with Crippen LogP contribution in [-0.2, 0) is 4.79 Å². The van der Waals surface area contributed by atoms with Crippen LogP contribution in [0.1, 0.15) is 0 Å². The number of carbonyl (C=O) groups excluding carboxylic acids is 1. The molecule has 1 N–H and O–H groups in total. The Morgan fingerprint density at radius 2 is 1.93 bits per heavy atom. The van der Waals surface area contributed by atoms with Gasteiger partial charge >= 0.3 is 0 Å². The van der Waals surface area contributed by atoms with Gasteiger partial charge in [0.15, 0.2) is 11.0 Å². The van der Waals surface area contributed by atoms with Gasteiger partial charge in [-0.1, -0.05) is 29.4 Å². The third-order valence-corrected chi connectivity index (χ3v) is 5.02. The molecule has 0 aliphatic carbocycles. The number of halogens is 1. The lowest BCUT2D eigenvalue weighted by Gasteiger charge is -2.11. The highest BCUT2D eigenvalue weighted by molar-refractivity contribution is 7.99. The molecule has 3 rings (SSSR count). The van der Waals surface area contributed by atoms with Crippen molar-refractivity contribution in [2.75, 3.05) is 19.4 Å². The number of benzene rings is 2. The maximum Gasteiger partial charge on any atom is 0.230 e. The average molecular weight is 415 g/mol. The fraction of sp³-hybridized carbons (Fsp3) is 0.150. The topological polar surface area (TPSA) is 69.0 Å². The molecule has 6 nitrogen and oxygen atoms in total. The Hall–Kier alpha value is -2.77. The molecule has 0 radical (unpaired) electrons. The van der Waals surface area contributed by atoms with E-state index < -0.39 is 0 Å². The van der Waals surface area contributed by atoms with Gasteiger partial charge in [-0.25, -0.2) is 0 Å². The maximum atomic E-state index is 12.0. The fourth-order valence-corrected chi connectivity index (χ4v) is 3.39. The maximum absolute atomic E-state index is 12.0. The molecule has 1 heterocycles. The minimum absolute atomic E-state index is 0.0952. The second-order valence-corrected chi connectivity index (χ2v) is 7.11. The van der Waals surface area contributed by atoms with E-state index in [1.165, 1.54) is 11.8 Å². The van der Waals surface area contributed by atoms with Gasteiger partial charge in [0.05, 0.1) is 12.9 Å². The van der Waals surface area contributed by atoms with E-state index in [2.05, 4.69) is 22.1 Å². The van der Waals surface area contributed by atoms with Crippen molar-refractivity contribution in [3.05, 3.63) is 66.2 Å². The first-order chi connectivity index (χ1) is 13.6. The third kappa shape index (κ3) is 4.74. The predicted octanol–water partition coefficient (Wildman–Crippen LogP) is 3.99. The molecule has 0 spiro atoms. The first-order valence-corrected chi connectivity index (χ1v) is 9.85. The predicted molar refractivity (Wildman–Crippen MR) is 112 cm³/mol. The fourth-order valence-electron chi connectivity index (χ4n) is 2.48. The summed E-state index contributed by atoms with van der Waals surface area (Å²) in [6, 6.07) is 15.0. The monoisotopic (exact) mass is 414 g/mol. The first kappa shape index (κ1) is 20.0. The number of rotatable bonds is 8. The van der Waals surface area contributed by atoms with Crippen LogP contribution in [0.2, 0.25) is 5.02 Å². The van der Waals surface area contributed by atoms with Crippen molar-refractivity contribution in [3.8, 4) is 22.8 Å². The van der Waals surface area contributed by atoms with E-state index in [0.29, 0.717) is 22.5 Å². The van der Waals surface area contributed by atoms with E-state index in [9.17, 15) is 4.79 Å². The van der Waals surface area contributed by atoms with E-state index >= 15 is 0 Å². The minimum atomic E-state index is -0.0952. The molecule has 28 heavy (non-hydrogen) atoms. The summed E-state index contributed by atoms with van der Waals surface area (Å²) in [6.07, 6.45) is 1.64. The molecule has 0 bridgehead atoms. The number of nitrogens with zero attached hydrogens (tertiary/aromatic N) is 3. The zero-order chi connectivity index (χ0) is 19.9. The van der Waals surface area contributed by atoms with Crippen LogP contribution in [0.3, 0.4) is 0 Å². The van der Waals surface area contributed by atoms with Crippen molar-refractivity contribution in [1.29, 1.82) is 0 Å². The van der Waals surface area contributed by atoms with Gasteiger partial charge in [0.25, 0.3) is 0 Å². The van der Waals surface area contributed by atoms with Crippen LogP contribution >= 0.6 is 23.4 Å². The van der Waals surface area contributed by atoms with Crippen molar-refractivity contribution >= 4 is 29.3 Å². The van der Waals surface area contributed by atoms with Crippen LogP contribution in [-0.4, -0.2) is 40.1 Å². The lowest BCUT2D eigenvalue weighted by molar-refractivity contribution is -0.118. The highest BCUT2D eigenvalue weighted by atomic mass is 35.5. The molecule has 8 heteroatoms. The standard InChI is InChI=1S/C20H19ClN4O2S/c1-3-12-22-18(26)13-28-20-24-23-19(14-4-6-15(21)7-5-14)25(20)16-8-10-17(27-2)11-9-16/h3-11H,1,12-13H2,2H3,(H,22,26). The Labute approximate surface area is 172 Å². The van der Waals surface area contributed by atoms with Gasteiger partial charge in [-0.15, -0.1) is 16.8 Å². The second-order valence-electron chi connectivity index (χ2n) is 5.73. The molecular formula is C20H19ClN4O2S. The van der Waals surface area contributed by atoms with Crippen LogP contribution in [0.4, 0.5) is 0 Å². The highest BCUT2D eigenvalue weighted by Crippen LogP contribution is 2.29. The number of hydrogen-bond donors (Lipinski definition) is 1. The third-order valence-electron chi connectivity index (χ3n) is 3.84. The van der Waals surface area contributed by atoms with Gasteiger partial charge in [-0.05, 0) is 48.5 Å². The second kappa shape index (κ2) is 9.43. The number of thioether (sulfide) groups is 1. The minimum Gasteiger partial charge on any atom is -0.497 e. The Bertz CT molecular complexity index is 955. The van der Waals surface area contributed by atoms with Crippen LogP contribution in [0, 0.1) is 0 Å². The summed E-state index contributed by atoms with van der Waals surface area (Å²) < 4.78 is 7.15. The van der Waals surface area contributed by atoms with Crippen LogP contribution in [0.25, 0.3) is 17.1 Å². The molecular weight excluding hydrogens is 396 g/mol. The molecule has 0 aliphatic rings. The number of carbonyl (C=O) groups is 1. The Morgan fingerprint density at radius 3 is 2.57 bits per heavy atom. The average Bonchev–Trinajstić information content (AvgIpc) is 3.15. The molecule has 0 saturated carbocycles. The van der Waals surface area contributed by atoms with Gasteiger partial charge in [0, 0.05) is 22.8 Å². The lowest BCUT2D eigenvalue weighted by atomic mass is 10.2. The van der Waals surface area contributed by atoms with Gasteiger partial charge in [0.1, 0.15) is 5.75 Å². The Kier molecular flexibility index (Phi) is 6.73. The normalized spacial score (nSPS) is 10.5. The number of aromatic nitrogens is 3. The molecule has 1 amide bonds. The van der Waals surface area contributed by atoms with E-state index in [0.717, 1.165) is 17.0 Å². The van der Waals surface area contributed by atoms with Crippen molar-refractivity contribution < 1.29 is 9.53 Å². The van der Waals surface area contributed by atoms with Gasteiger partial charge < -0.3 is 10.1 Å². The summed E-state index contributed by atoms with van der Waals surface area (Å²) in [5, 5.41) is 12.7. The largest absolute Gasteiger partial charge is 0.497 e. The van der Waals surface area contributed by atoms with Crippen molar-refractivity contribution in [2.45, 2.75) is 5.16 Å². The lowest BCUT2D eigenvalue weighted by Crippen LogP contribution is -2.25. The summed E-state index contributed by atoms with van der Waals surface area (Å²) in [4.78, 5) is 12.0. The van der Waals surface area contributed by atoms with Crippen LogP contribution in [0.15, 0.2) is 66.3 Å². The van der Waals surface area contributed by atoms with Gasteiger partial charge in [0.2, 0.25) is 5.91 Å². The molecule has 0 aliphatic heterocycles. The zero-order valence-corrected chi connectivity index (χ0v) is 16.8. The summed E-state index contributed by atoms with van der Waals surface area (Å²) in [7, 11) is 1.62. The number of amides is 1. The highest BCUT2D eigenvalue weighted by Gasteiger charge is 2.17. The molecule has 144 valence electrons. The van der Waals surface area contributed by atoms with E-state index in [1.807, 2.05) is 41.0 Å². The molecule has 0 fully saturated rings. The number of hydrogen-bond acceptors (Lipinski definition) is 5. The number of nitrogens with one attached hydrogen (secondary N) is 1. The zero-order valence-electron chi connectivity index (χ0n) is 15.3. The Balaban J connectivity index is 1.96. The molecule has 0 saturated heterocycles. The van der Waals surface area contributed by atoms with E-state index in [4.69, 9.17) is 16.3 Å². The first-order valence-electron chi connectivity index (χ1n) is 8.48. The summed E-state index contributed by atoms with van der Waals surface area (Å²) >= 11 is 7.32. The molecule has 3 aromatic rings. The summed E-state index contributed by atoms with van der Waals surface area (Å²) in [5.74, 6) is 1.55. The molecule has 1 aromatic heterocycles. The summed E-state index contributed by atoms with van der Waals surface area (Å²) in [5.41, 5.74) is 1.74. The van der Waals surface area contributed by atoms with Gasteiger partial charge in [-0.3, -0.25) is 9.36 Å². The molecule has 2 aromatic carbocycles. The number of ether oxygens (including phenoxy) is 1. The molecule has 0 unspecified atom stereocenters. The van der Waals surface area contributed by atoms with Crippen molar-refractivity contribution in [3.63, 3.8) is 0 Å². The smallest absolute Gasteiger partial charge is 0.230 e. The quantitative estimate of drug-likeness (QED) is 0.446. The van der Waals surface area contributed by atoms with Crippen LogP contribution < -0.4 is 10.1 Å².